The molecule has 0 bridgehead atoms. The van der Waals surface area contributed by atoms with E-state index in [1.807, 2.05) is 0 Å². The molecule has 1 heterocycles. The summed E-state index contributed by atoms with van der Waals surface area (Å²) in [6.45, 7) is 11.0. The summed E-state index contributed by atoms with van der Waals surface area (Å²) in [6.07, 6.45) is 4.63. The summed E-state index contributed by atoms with van der Waals surface area (Å²) in [5.41, 5.74) is 2.32. The van der Waals surface area contributed by atoms with Crippen LogP contribution in [0.5, 0.6) is 0 Å². The summed E-state index contributed by atoms with van der Waals surface area (Å²) in [5.74, 6) is 1.11. The van der Waals surface area contributed by atoms with Crippen LogP contribution in [0.15, 0.2) is 23.3 Å². The van der Waals surface area contributed by atoms with Crippen LogP contribution >= 0.6 is 0 Å². The molecule has 0 aromatic rings. The third-order valence-corrected chi connectivity index (χ3v) is 12.0. The lowest BCUT2D eigenvalue weighted by Gasteiger charge is -2.55. The van der Waals surface area contributed by atoms with Gasteiger partial charge in [-0.05, 0) is 84.7 Å². The topological polar surface area (TPSA) is 129 Å². The molecule has 0 spiro atoms. The second-order valence-electron chi connectivity index (χ2n) is 14.7. The lowest BCUT2D eigenvalue weighted by Crippen LogP contribution is -2.58. The number of rotatable bonds is 8. The number of hydrogen-bond donors (Lipinski definition) is 5. The molecular weight excluding hydrogens is 524 g/mol. The van der Waals surface area contributed by atoms with Gasteiger partial charge in [-0.25, -0.2) is 0 Å². The number of aliphatic hydroxyl groups excluding tert-OH is 5. The Labute approximate surface area is 245 Å². The molecule has 8 nitrogen and oxygen atoms in total. The van der Waals surface area contributed by atoms with Crippen molar-refractivity contribution in [3.05, 3.63) is 23.3 Å². The first kappa shape index (κ1) is 31.6. The van der Waals surface area contributed by atoms with Crippen molar-refractivity contribution in [3.63, 3.8) is 0 Å². The van der Waals surface area contributed by atoms with E-state index in [1.54, 1.807) is 0 Å². The number of aliphatic hydroxyl groups is 5. The first-order valence-corrected chi connectivity index (χ1v) is 15.9. The molecule has 5 rings (SSSR count). The van der Waals surface area contributed by atoms with Crippen molar-refractivity contribution in [3.8, 4) is 0 Å². The van der Waals surface area contributed by atoms with E-state index in [-0.39, 0.29) is 41.3 Å². The Hall–Kier alpha value is -0.840. The van der Waals surface area contributed by atoms with Crippen LogP contribution in [0.25, 0.3) is 0 Å². The number of allylic oxidation sites excluding steroid dienone is 3. The molecule has 1 aliphatic heterocycles. The van der Waals surface area contributed by atoms with Gasteiger partial charge in [-0.3, -0.25) is 0 Å². The summed E-state index contributed by atoms with van der Waals surface area (Å²) in [6, 6.07) is 0. The fourth-order valence-electron chi connectivity index (χ4n) is 9.31. The summed E-state index contributed by atoms with van der Waals surface area (Å²) in [4.78, 5) is 0. The molecule has 14 atom stereocenters. The first-order chi connectivity index (χ1) is 19.3. The highest BCUT2D eigenvalue weighted by Gasteiger charge is 2.60. The Bertz CT molecular complexity index is 996. The van der Waals surface area contributed by atoms with Gasteiger partial charge in [0.15, 0.2) is 6.29 Å². The summed E-state index contributed by atoms with van der Waals surface area (Å²) in [5, 5.41) is 53.9. The highest BCUT2D eigenvalue weighted by Crippen LogP contribution is 2.65. The molecule has 5 aliphatic rings. The largest absolute Gasteiger partial charge is 0.393 e. The minimum atomic E-state index is -1.11. The van der Waals surface area contributed by atoms with Crippen molar-refractivity contribution >= 4 is 0 Å². The van der Waals surface area contributed by atoms with Gasteiger partial charge >= 0.3 is 0 Å². The van der Waals surface area contributed by atoms with Gasteiger partial charge in [0.1, 0.15) is 18.3 Å². The smallest absolute Gasteiger partial charge is 0.186 e. The van der Waals surface area contributed by atoms with E-state index in [2.05, 4.69) is 46.8 Å². The Morgan fingerprint density at radius 1 is 1.02 bits per heavy atom. The van der Waals surface area contributed by atoms with Crippen LogP contribution in [0.2, 0.25) is 0 Å². The SMILES string of the molecule is CO[C@H]1[C@H](O[C@H]2CC[C@]3(C)C4=CC[C@]5(C)[C@@H]([C@H](C)CC[C@H](O)C(C)C)C[C@@H](O)[C@H]5C4=CC[C@H]3[C@H]2O)OC[C@@H](O)[C@@H]1O. The molecule has 5 N–H and O–H groups in total. The zero-order chi connectivity index (χ0) is 29.9. The van der Waals surface area contributed by atoms with Crippen LogP contribution in [0.1, 0.15) is 79.6 Å². The Morgan fingerprint density at radius 3 is 2.44 bits per heavy atom. The Balaban J connectivity index is 1.32. The normalized spacial score (nSPS) is 47.6. The lowest BCUT2D eigenvalue weighted by atomic mass is 9.51. The zero-order valence-electron chi connectivity index (χ0n) is 25.8. The molecule has 4 aliphatic carbocycles. The van der Waals surface area contributed by atoms with E-state index < -0.39 is 42.9 Å². The Morgan fingerprint density at radius 2 is 1.76 bits per heavy atom. The molecule has 8 heteroatoms. The minimum Gasteiger partial charge on any atom is -0.393 e. The van der Waals surface area contributed by atoms with Crippen LogP contribution in [0, 0.1) is 40.4 Å². The predicted octanol–water partition coefficient (Wildman–Crippen LogP) is 3.34. The van der Waals surface area contributed by atoms with E-state index in [4.69, 9.17) is 14.2 Å². The van der Waals surface area contributed by atoms with E-state index in [0.717, 1.165) is 32.1 Å². The molecule has 0 radical (unpaired) electrons. The van der Waals surface area contributed by atoms with Crippen LogP contribution in [-0.2, 0) is 14.2 Å². The molecule has 1 saturated heterocycles. The zero-order valence-corrected chi connectivity index (χ0v) is 25.8. The van der Waals surface area contributed by atoms with E-state index in [0.29, 0.717) is 24.7 Å². The molecule has 41 heavy (non-hydrogen) atoms. The third kappa shape index (κ3) is 5.39. The average molecular weight is 579 g/mol. The van der Waals surface area contributed by atoms with E-state index >= 15 is 0 Å². The highest BCUT2D eigenvalue weighted by molar-refractivity contribution is 5.47. The summed E-state index contributed by atoms with van der Waals surface area (Å²) >= 11 is 0. The maximum atomic E-state index is 11.6. The molecule has 0 aromatic heterocycles. The quantitative estimate of drug-likeness (QED) is 0.297. The third-order valence-electron chi connectivity index (χ3n) is 12.0. The fourth-order valence-corrected chi connectivity index (χ4v) is 9.31. The second-order valence-corrected chi connectivity index (χ2v) is 14.7. The molecule has 3 fully saturated rings. The van der Waals surface area contributed by atoms with Crippen molar-refractivity contribution in [2.45, 2.75) is 129 Å². The van der Waals surface area contributed by atoms with Gasteiger partial charge in [0.2, 0.25) is 0 Å². The maximum Gasteiger partial charge on any atom is 0.186 e. The molecule has 234 valence electrons. The monoisotopic (exact) mass is 578 g/mol. The standard InChI is InChI=1S/C33H54O8/c1-17(2)23(34)10-7-18(3)22-15-24(35)27-19-8-9-21-28(37)26(41-31-30(39-6)29(38)25(36)16-40-31)12-14-32(21,4)20(19)11-13-33(22,27)5/h8,11,17-18,21-31,34-38H,7,9-10,12-16H2,1-6H3/t18-,21+,22-,23+,24-,25-,26+,27-,28-,29+,30-,31+,32-,33-/m1/s1. The van der Waals surface area contributed by atoms with Gasteiger partial charge < -0.3 is 39.7 Å². The van der Waals surface area contributed by atoms with Gasteiger partial charge in [-0.2, -0.15) is 0 Å². The van der Waals surface area contributed by atoms with Gasteiger partial charge in [-0.15, -0.1) is 0 Å². The second kappa shape index (κ2) is 11.9. The van der Waals surface area contributed by atoms with E-state index in [9.17, 15) is 25.5 Å². The minimum absolute atomic E-state index is 0.0298. The van der Waals surface area contributed by atoms with Crippen LogP contribution < -0.4 is 0 Å². The van der Waals surface area contributed by atoms with Crippen molar-refractivity contribution < 1.29 is 39.7 Å². The number of ether oxygens (including phenoxy) is 3. The molecular formula is C33H54O8. The first-order valence-electron chi connectivity index (χ1n) is 15.9. The molecule has 0 unspecified atom stereocenters. The highest BCUT2D eigenvalue weighted by atomic mass is 16.7. The van der Waals surface area contributed by atoms with Gasteiger partial charge in [0, 0.05) is 18.9 Å². The molecule has 0 amide bonds. The van der Waals surface area contributed by atoms with Crippen LogP contribution in [0.3, 0.4) is 0 Å². The van der Waals surface area contributed by atoms with E-state index in [1.165, 1.54) is 18.3 Å². The lowest BCUT2D eigenvalue weighted by molar-refractivity contribution is -0.302. The van der Waals surface area contributed by atoms with Crippen molar-refractivity contribution in [2.75, 3.05) is 13.7 Å². The predicted molar refractivity (Wildman–Crippen MR) is 155 cm³/mol. The van der Waals surface area contributed by atoms with Crippen molar-refractivity contribution in [1.82, 2.24) is 0 Å². The van der Waals surface area contributed by atoms with Gasteiger partial charge in [0.05, 0.1) is 31.0 Å². The average Bonchev–Trinajstić information content (AvgIpc) is 3.21. The van der Waals surface area contributed by atoms with Gasteiger partial charge in [-0.1, -0.05) is 46.8 Å². The van der Waals surface area contributed by atoms with Crippen molar-refractivity contribution in [1.29, 1.82) is 0 Å². The Kier molecular flexibility index (Phi) is 9.18. The molecule has 0 aromatic carbocycles. The number of hydrogen-bond acceptors (Lipinski definition) is 8. The number of fused-ring (bicyclic) bond motifs is 5. The summed E-state index contributed by atoms with van der Waals surface area (Å²) in [7, 11) is 1.45. The maximum absolute atomic E-state index is 11.6. The van der Waals surface area contributed by atoms with Crippen LogP contribution in [0.4, 0.5) is 0 Å². The van der Waals surface area contributed by atoms with Gasteiger partial charge in [0.25, 0.3) is 0 Å². The summed E-state index contributed by atoms with van der Waals surface area (Å²) < 4.78 is 17.3. The molecule has 2 saturated carbocycles. The van der Waals surface area contributed by atoms with Crippen molar-refractivity contribution in [2.24, 2.45) is 40.4 Å². The number of methoxy groups -OCH3 is 1. The fraction of sp³-hybridized carbons (Fsp3) is 0.879. The van der Waals surface area contributed by atoms with Crippen LogP contribution in [-0.4, -0.2) is 88.3 Å².